The maximum Gasteiger partial charge on any atom is 0.214 e. The van der Waals surface area contributed by atoms with Crippen molar-refractivity contribution in [1.29, 1.82) is 0 Å². The number of nitrogens with two attached hydrogens (primary N) is 1. The molecule has 0 bridgehead atoms. The molecule has 5 heteroatoms. The molecule has 1 saturated carbocycles. The fraction of sp³-hybridized carbons (Fsp3) is 1.00. The second-order valence-corrected chi connectivity index (χ2v) is 6.32. The summed E-state index contributed by atoms with van der Waals surface area (Å²) in [4.78, 5) is 0. The second kappa shape index (κ2) is 5.27. The van der Waals surface area contributed by atoms with Crippen LogP contribution in [0.25, 0.3) is 0 Å². The van der Waals surface area contributed by atoms with E-state index in [1.165, 1.54) is 4.31 Å². The van der Waals surface area contributed by atoms with Crippen molar-refractivity contribution in [2.45, 2.75) is 39.2 Å². The Bertz CT molecular complexity index is 286. The van der Waals surface area contributed by atoms with Crippen molar-refractivity contribution >= 4 is 10.0 Å². The highest BCUT2D eigenvalue weighted by molar-refractivity contribution is 7.89. The molecule has 1 aliphatic rings. The molecule has 4 nitrogen and oxygen atoms in total. The largest absolute Gasteiger partial charge is 0.328 e. The van der Waals surface area contributed by atoms with Crippen molar-refractivity contribution in [2.24, 2.45) is 11.7 Å². The zero-order valence-electron chi connectivity index (χ0n) is 9.65. The average Bonchev–Trinajstić information content (AvgIpc) is 2.51. The van der Waals surface area contributed by atoms with Gasteiger partial charge in [-0.1, -0.05) is 13.8 Å². The Morgan fingerprint density at radius 2 is 1.87 bits per heavy atom. The molecule has 0 unspecified atom stereocenters. The summed E-state index contributed by atoms with van der Waals surface area (Å²) in [5, 5.41) is 0. The van der Waals surface area contributed by atoms with Crippen LogP contribution in [0.15, 0.2) is 0 Å². The Kier molecular flexibility index (Phi) is 4.55. The van der Waals surface area contributed by atoms with Gasteiger partial charge in [0.2, 0.25) is 10.0 Å². The first kappa shape index (κ1) is 12.9. The lowest BCUT2D eigenvalue weighted by Gasteiger charge is -2.20. The molecule has 0 spiro atoms. The Morgan fingerprint density at radius 3 is 2.27 bits per heavy atom. The lowest BCUT2D eigenvalue weighted by molar-refractivity contribution is 0.434. The molecule has 0 saturated heterocycles. The third-order valence-electron chi connectivity index (χ3n) is 3.13. The van der Waals surface area contributed by atoms with Gasteiger partial charge in [0.15, 0.2) is 0 Å². The van der Waals surface area contributed by atoms with Crippen molar-refractivity contribution in [1.82, 2.24) is 4.31 Å². The van der Waals surface area contributed by atoms with Crippen LogP contribution >= 0.6 is 0 Å². The first-order valence-corrected chi connectivity index (χ1v) is 7.33. The van der Waals surface area contributed by atoms with Crippen molar-refractivity contribution in [2.75, 3.05) is 18.8 Å². The molecule has 0 aromatic rings. The molecular formula is C10H22N2O2S. The molecule has 0 aromatic heterocycles. The minimum Gasteiger partial charge on any atom is -0.328 e. The normalized spacial score (nSPS) is 27.5. The van der Waals surface area contributed by atoms with Gasteiger partial charge in [-0.3, -0.25) is 0 Å². The maximum atomic E-state index is 11.9. The van der Waals surface area contributed by atoms with E-state index in [1.807, 2.05) is 13.8 Å². The standard InChI is InChI=1S/C10H22N2O2S/c1-3-12(4-2)15(13,14)8-9-5-6-10(11)7-9/h9-10H,3-8,11H2,1-2H3/t9-,10+/m1/s1. The summed E-state index contributed by atoms with van der Waals surface area (Å²) in [6.07, 6.45) is 2.79. The minimum atomic E-state index is -3.05. The van der Waals surface area contributed by atoms with Gasteiger partial charge in [0.25, 0.3) is 0 Å². The molecular weight excluding hydrogens is 212 g/mol. The summed E-state index contributed by atoms with van der Waals surface area (Å²) in [5.41, 5.74) is 5.78. The van der Waals surface area contributed by atoms with Gasteiger partial charge in [0.1, 0.15) is 0 Å². The average molecular weight is 234 g/mol. The van der Waals surface area contributed by atoms with Gasteiger partial charge in [-0.25, -0.2) is 12.7 Å². The van der Waals surface area contributed by atoms with Gasteiger partial charge in [-0.2, -0.15) is 0 Å². The first-order chi connectivity index (χ1) is 6.99. The quantitative estimate of drug-likeness (QED) is 0.765. The molecule has 0 aliphatic heterocycles. The summed E-state index contributed by atoms with van der Waals surface area (Å²) in [6.45, 7) is 4.89. The highest BCUT2D eigenvalue weighted by atomic mass is 32.2. The van der Waals surface area contributed by atoms with E-state index in [-0.39, 0.29) is 17.7 Å². The number of rotatable bonds is 5. The molecule has 0 radical (unpaired) electrons. The Hall–Kier alpha value is -0.130. The fourth-order valence-corrected chi connectivity index (χ4v) is 4.18. The fourth-order valence-electron chi connectivity index (χ4n) is 2.29. The highest BCUT2D eigenvalue weighted by Gasteiger charge is 2.29. The van der Waals surface area contributed by atoms with Crippen LogP contribution in [0.2, 0.25) is 0 Å². The molecule has 1 rings (SSSR count). The predicted molar refractivity (Wildman–Crippen MR) is 62.0 cm³/mol. The predicted octanol–water partition coefficient (Wildman–Crippen LogP) is 0.785. The zero-order valence-corrected chi connectivity index (χ0v) is 10.5. The minimum absolute atomic E-state index is 0.210. The van der Waals surface area contributed by atoms with E-state index in [9.17, 15) is 8.42 Å². The Balaban J connectivity index is 2.56. The van der Waals surface area contributed by atoms with Gasteiger partial charge in [0, 0.05) is 19.1 Å². The van der Waals surface area contributed by atoms with Crippen LogP contribution < -0.4 is 5.73 Å². The van der Waals surface area contributed by atoms with Crippen molar-refractivity contribution in [3.8, 4) is 0 Å². The van der Waals surface area contributed by atoms with Crippen LogP contribution in [-0.2, 0) is 10.0 Å². The molecule has 0 amide bonds. The van der Waals surface area contributed by atoms with E-state index < -0.39 is 10.0 Å². The lowest BCUT2D eigenvalue weighted by Crippen LogP contribution is -2.34. The highest BCUT2D eigenvalue weighted by Crippen LogP contribution is 2.26. The van der Waals surface area contributed by atoms with Gasteiger partial charge in [-0.05, 0) is 25.2 Å². The monoisotopic (exact) mass is 234 g/mol. The number of hydrogen-bond acceptors (Lipinski definition) is 3. The summed E-state index contributed by atoms with van der Waals surface area (Å²) in [5.74, 6) is 0.549. The van der Waals surface area contributed by atoms with Crippen LogP contribution in [0.5, 0.6) is 0 Å². The number of sulfonamides is 1. The van der Waals surface area contributed by atoms with E-state index in [4.69, 9.17) is 5.73 Å². The van der Waals surface area contributed by atoms with Gasteiger partial charge >= 0.3 is 0 Å². The van der Waals surface area contributed by atoms with Gasteiger partial charge in [-0.15, -0.1) is 0 Å². The molecule has 1 fully saturated rings. The summed E-state index contributed by atoms with van der Waals surface area (Å²) < 4.78 is 25.4. The van der Waals surface area contributed by atoms with Crippen LogP contribution in [0.1, 0.15) is 33.1 Å². The van der Waals surface area contributed by atoms with Crippen molar-refractivity contribution in [3.05, 3.63) is 0 Å². The molecule has 1 aliphatic carbocycles. The zero-order chi connectivity index (χ0) is 11.5. The van der Waals surface area contributed by atoms with E-state index in [0.717, 1.165) is 19.3 Å². The third-order valence-corrected chi connectivity index (χ3v) is 5.32. The maximum absolute atomic E-state index is 11.9. The van der Waals surface area contributed by atoms with Crippen molar-refractivity contribution in [3.63, 3.8) is 0 Å². The van der Waals surface area contributed by atoms with Crippen molar-refractivity contribution < 1.29 is 8.42 Å². The van der Waals surface area contributed by atoms with E-state index in [2.05, 4.69) is 0 Å². The van der Waals surface area contributed by atoms with Crippen LogP contribution in [0.4, 0.5) is 0 Å². The van der Waals surface area contributed by atoms with Gasteiger partial charge in [0.05, 0.1) is 5.75 Å². The SMILES string of the molecule is CCN(CC)S(=O)(=O)C[C@@H]1CC[C@H](N)C1. The molecule has 2 N–H and O–H groups in total. The smallest absolute Gasteiger partial charge is 0.214 e. The third kappa shape index (κ3) is 3.43. The second-order valence-electron chi connectivity index (χ2n) is 4.30. The summed E-state index contributed by atoms with van der Waals surface area (Å²) in [7, 11) is -3.05. The lowest BCUT2D eigenvalue weighted by atomic mass is 10.1. The Morgan fingerprint density at radius 1 is 1.27 bits per heavy atom. The molecule has 90 valence electrons. The van der Waals surface area contributed by atoms with E-state index in [1.54, 1.807) is 0 Å². The first-order valence-electron chi connectivity index (χ1n) is 5.73. The van der Waals surface area contributed by atoms with E-state index >= 15 is 0 Å². The molecule has 15 heavy (non-hydrogen) atoms. The van der Waals surface area contributed by atoms with Gasteiger partial charge < -0.3 is 5.73 Å². The van der Waals surface area contributed by atoms with E-state index in [0.29, 0.717) is 13.1 Å². The molecule has 0 heterocycles. The Labute approximate surface area is 92.9 Å². The van der Waals surface area contributed by atoms with Crippen LogP contribution in [0.3, 0.4) is 0 Å². The number of nitrogens with zero attached hydrogens (tertiary/aromatic N) is 1. The summed E-state index contributed by atoms with van der Waals surface area (Å²) in [6, 6.07) is 0.210. The summed E-state index contributed by atoms with van der Waals surface area (Å²) >= 11 is 0. The topological polar surface area (TPSA) is 63.4 Å². The molecule has 2 atom stereocenters. The molecule has 0 aromatic carbocycles. The van der Waals surface area contributed by atoms with Crippen LogP contribution in [0, 0.1) is 5.92 Å². The number of hydrogen-bond donors (Lipinski definition) is 1. The van der Waals surface area contributed by atoms with Crippen LogP contribution in [-0.4, -0.2) is 37.6 Å².